The summed E-state index contributed by atoms with van der Waals surface area (Å²) in [5.74, 6) is 0.264. The van der Waals surface area contributed by atoms with Crippen LogP contribution in [0.15, 0.2) is 78.2 Å². The predicted molar refractivity (Wildman–Crippen MR) is 146 cm³/mol. The fraction of sp³-hybridized carbons (Fsp3) is 0.120. The van der Waals surface area contributed by atoms with E-state index >= 15 is 0 Å². The third kappa shape index (κ3) is 5.42. The van der Waals surface area contributed by atoms with Gasteiger partial charge in [0.25, 0.3) is 11.5 Å². The summed E-state index contributed by atoms with van der Waals surface area (Å²) in [6.07, 6.45) is 1.34. The third-order valence-corrected chi connectivity index (χ3v) is 7.30. The van der Waals surface area contributed by atoms with Gasteiger partial charge < -0.3 is 19.8 Å². The quantitative estimate of drug-likeness (QED) is 0.299. The minimum absolute atomic E-state index is 0.259. The summed E-state index contributed by atoms with van der Waals surface area (Å²) >= 11 is 6.92. The minimum Gasteiger partial charge on any atom is -0.493 e. The van der Waals surface area contributed by atoms with Crippen LogP contribution in [0.3, 0.4) is 0 Å². The molecule has 0 atom stereocenters. The number of aromatic amines is 1. The molecule has 0 unspecified atom stereocenters. The number of rotatable bonds is 7. The van der Waals surface area contributed by atoms with Crippen molar-refractivity contribution >= 4 is 60.6 Å². The van der Waals surface area contributed by atoms with Crippen molar-refractivity contribution in [2.45, 2.75) is 6.92 Å². The van der Waals surface area contributed by atoms with Crippen molar-refractivity contribution < 1.29 is 14.3 Å². The summed E-state index contributed by atoms with van der Waals surface area (Å²) in [6.45, 7) is 1.70. The maximum Gasteiger partial charge on any atom is 0.349 e. The molecule has 0 bridgehead atoms. The summed E-state index contributed by atoms with van der Waals surface area (Å²) in [4.78, 5) is 40.1. The normalized spacial score (nSPS) is 11.1. The Morgan fingerprint density at radius 2 is 1.83 bits per heavy atom. The van der Waals surface area contributed by atoms with Crippen molar-refractivity contribution in [3.05, 3.63) is 95.5 Å². The number of amides is 1. The van der Waals surface area contributed by atoms with E-state index in [0.29, 0.717) is 42.6 Å². The summed E-state index contributed by atoms with van der Waals surface area (Å²) in [5.41, 5.74) is 1.45. The Hall–Kier alpha value is -3.70. The lowest BCUT2D eigenvalue weighted by Crippen LogP contribution is -2.32. The number of carbonyl (C=O) groups is 1. The van der Waals surface area contributed by atoms with E-state index in [1.165, 1.54) is 13.3 Å². The zero-order valence-corrected chi connectivity index (χ0v) is 22.3. The number of para-hydroxylation sites is 1. The van der Waals surface area contributed by atoms with Crippen LogP contribution in [0.25, 0.3) is 10.9 Å². The molecule has 11 heteroatoms. The number of nitrogens with zero attached hydrogens (tertiary/aromatic N) is 2. The molecule has 0 aliphatic heterocycles. The van der Waals surface area contributed by atoms with Crippen LogP contribution in [-0.2, 0) is 4.79 Å². The smallest absolute Gasteiger partial charge is 0.349 e. The lowest BCUT2D eigenvalue weighted by molar-refractivity contribution is -0.118. The average molecular weight is 616 g/mol. The number of methoxy groups -OCH3 is 1. The number of fused-ring (bicyclic) bond motifs is 1. The van der Waals surface area contributed by atoms with E-state index in [1.54, 1.807) is 42.5 Å². The summed E-state index contributed by atoms with van der Waals surface area (Å²) in [5, 5.41) is 7.18. The van der Waals surface area contributed by atoms with Crippen molar-refractivity contribution in [1.82, 2.24) is 9.66 Å². The molecular weight excluding hydrogens is 596 g/mol. The van der Waals surface area contributed by atoms with Crippen molar-refractivity contribution in [2.75, 3.05) is 19.0 Å². The van der Waals surface area contributed by atoms with Gasteiger partial charge in [0.05, 0.1) is 28.7 Å². The summed E-state index contributed by atoms with van der Waals surface area (Å²) in [6, 6.07) is 15.7. The van der Waals surface area contributed by atoms with Gasteiger partial charge in [0.15, 0.2) is 18.1 Å². The van der Waals surface area contributed by atoms with Crippen LogP contribution in [0.4, 0.5) is 5.69 Å². The molecule has 1 amide bonds. The van der Waals surface area contributed by atoms with E-state index < -0.39 is 11.2 Å². The second kappa shape index (κ2) is 10.9. The largest absolute Gasteiger partial charge is 0.493 e. The fourth-order valence-corrected chi connectivity index (χ4v) is 4.27. The molecule has 4 rings (SSSR count). The number of aryl methyl sites for hydroxylation is 1. The van der Waals surface area contributed by atoms with Crippen LogP contribution in [0, 0.1) is 6.92 Å². The summed E-state index contributed by atoms with van der Waals surface area (Å²) in [7, 11) is 1.45. The van der Waals surface area contributed by atoms with Crippen molar-refractivity contribution in [2.24, 2.45) is 5.10 Å². The lowest BCUT2D eigenvalue weighted by Gasteiger charge is -2.15. The maximum atomic E-state index is 12.7. The molecule has 4 aromatic rings. The van der Waals surface area contributed by atoms with E-state index in [0.717, 1.165) is 10.2 Å². The molecule has 1 aromatic heterocycles. The van der Waals surface area contributed by atoms with E-state index in [4.69, 9.17) is 9.47 Å². The highest BCUT2D eigenvalue weighted by atomic mass is 79.9. The van der Waals surface area contributed by atoms with Crippen LogP contribution in [0.5, 0.6) is 11.5 Å². The number of benzene rings is 3. The Bertz CT molecular complexity index is 1590. The van der Waals surface area contributed by atoms with E-state index in [2.05, 4.69) is 47.3 Å². The number of nitrogens with one attached hydrogen (secondary N) is 2. The molecule has 0 saturated heterocycles. The Kier molecular flexibility index (Phi) is 7.70. The first-order valence-corrected chi connectivity index (χ1v) is 12.2. The van der Waals surface area contributed by atoms with Gasteiger partial charge in [0.2, 0.25) is 0 Å². The zero-order valence-electron chi connectivity index (χ0n) is 19.2. The zero-order chi connectivity index (χ0) is 25.8. The molecule has 36 heavy (non-hydrogen) atoms. The molecule has 0 saturated carbocycles. The van der Waals surface area contributed by atoms with E-state index in [9.17, 15) is 14.4 Å². The highest BCUT2D eigenvalue weighted by Gasteiger charge is 2.18. The number of H-pyrrole nitrogens is 1. The van der Waals surface area contributed by atoms with Gasteiger partial charge in [-0.25, -0.2) is 4.79 Å². The van der Waals surface area contributed by atoms with E-state index in [-0.39, 0.29) is 12.5 Å². The lowest BCUT2D eigenvalue weighted by atomic mass is 10.2. The van der Waals surface area contributed by atoms with Crippen molar-refractivity contribution in [1.29, 1.82) is 0 Å². The molecule has 0 aliphatic carbocycles. The third-order valence-electron chi connectivity index (χ3n) is 5.15. The molecular formula is C25H20Br2N4O5. The number of carbonyl (C=O) groups excluding carboxylic acids is 1. The van der Waals surface area contributed by atoms with Crippen LogP contribution >= 0.6 is 31.9 Å². The van der Waals surface area contributed by atoms with Crippen LogP contribution in [-0.4, -0.2) is 35.5 Å². The van der Waals surface area contributed by atoms with Gasteiger partial charge >= 0.3 is 5.69 Å². The van der Waals surface area contributed by atoms with E-state index in [1.807, 2.05) is 19.1 Å². The fourth-order valence-electron chi connectivity index (χ4n) is 3.33. The van der Waals surface area contributed by atoms with Gasteiger partial charge in [-0.2, -0.15) is 5.10 Å². The molecule has 184 valence electrons. The topological polar surface area (TPSA) is 115 Å². The number of anilines is 1. The molecule has 1 heterocycles. The molecule has 0 aliphatic rings. The minimum atomic E-state index is -0.670. The molecule has 9 nitrogen and oxygen atoms in total. The number of hydrogen-bond acceptors (Lipinski definition) is 6. The molecule has 2 N–H and O–H groups in total. The Labute approximate surface area is 222 Å². The first-order valence-electron chi connectivity index (χ1n) is 10.6. The van der Waals surface area contributed by atoms with Crippen LogP contribution in [0.2, 0.25) is 0 Å². The van der Waals surface area contributed by atoms with Crippen LogP contribution < -0.4 is 26.0 Å². The highest BCUT2D eigenvalue weighted by Crippen LogP contribution is 2.42. The number of aromatic nitrogens is 2. The standard InChI is InChI=1S/C25H20Br2N4O5/c1-14-7-9-16(10-8-14)29-20(32)13-36-23-19(35-2)11-15(21(26)22(23)27)12-28-31-24(33)17-5-3-4-6-18(17)30-25(31)34/h3-12H,13H2,1-2H3,(H,29,32)(H,30,34). The van der Waals surface area contributed by atoms with Gasteiger partial charge in [0, 0.05) is 15.7 Å². The molecule has 0 fully saturated rings. The van der Waals surface area contributed by atoms with Crippen molar-refractivity contribution in [3.63, 3.8) is 0 Å². The van der Waals surface area contributed by atoms with Gasteiger partial charge in [0.1, 0.15) is 0 Å². The summed E-state index contributed by atoms with van der Waals surface area (Å²) < 4.78 is 12.9. The number of ether oxygens (including phenoxy) is 2. The monoisotopic (exact) mass is 614 g/mol. The number of hydrogen-bond donors (Lipinski definition) is 2. The second-order valence-electron chi connectivity index (χ2n) is 7.67. The highest BCUT2D eigenvalue weighted by molar-refractivity contribution is 9.13. The Morgan fingerprint density at radius 3 is 2.56 bits per heavy atom. The second-order valence-corrected chi connectivity index (χ2v) is 9.25. The Balaban J connectivity index is 1.58. The molecule has 0 spiro atoms. The van der Waals surface area contributed by atoms with Crippen LogP contribution in [0.1, 0.15) is 11.1 Å². The predicted octanol–water partition coefficient (Wildman–Crippen LogP) is 4.43. The Morgan fingerprint density at radius 1 is 1.11 bits per heavy atom. The van der Waals surface area contributed by atoms with Gasteiger partial charge in [-0.3, -0.25) is 9.59 Å². The van der Waals surface area contributed by atoms with Crippen molar-refractivity contribution in [3.8, 4) is 11.5 Å². The number of halogens is 2. The maximum absolute atomic E-state index is 12.7. The molecule has 0 radical (unpaired) electrons. The first kappa shape index (κ1) is 25.4. The van der Waals surface area contributed by atoms with Gasteiger partial charge in [-0.1, -0.05) is 29.8 Å². The van der Waals surface area contributed by atoms with Gasteiger partial charge in [-0.15, -0.1) is 4.68 Å². The SMILES string of the molecule is COc1cc(C=Nn2c(=O)[nH]c3ccccc3c2=O)c(Br)c(Br)c1OCC(=O)Nc1ccc(C)cc1. The first-order chi connectivity index (χ1) is 17.3. The molecule has 3 aromatic carbocycles. The average Bonchev–Trinajstić information content (AvgIpc) is 2.87. The van der Waals surface area contributed by atoms with Gasteiger partial charge in [-0.05, 0) is 69.1 Å².